The predicted octanol–water partition coefficient (Wildman–Crippen LogP) is 14.1. The van der Waals surface area contributed by atoms with Gasteiger partial charge in [-0.25, -0.2) is 4.98 Å². The van der Waals surface area contributed by atoms with E-state index in [1.54, 1.807) is 0 Å². The van der Waals surface area contributed by atoms with Crippen LogP contribution < -0.4 is 4.90 Å². The fourth-order valence-corrected chi connectivity index (χ4v) is 9.62. The molecule has 2 aliphatic rings. The maximum Gasteiger partial charge on any atom is 0.138 e. The van der Waals surface area contributed by atoms with Gasteiger partial charge in [-0.15, -0.1) is 0 Å². The topological polar surface area (TPSA) is 29.3 Å². The summed E-state index contributed by atoms with van der Waals surface area (Å²) >= 11 is 0. The van der Waals surface area contributed by atoms with E-state index in [1.165, 1.54) is 33.4 Å². The summed E-state index contributed by atoms with van der Waals surface area (Å²) in [5.74, 6) is 0.879. The smallest absolute Gasteiger partial charge is 0.138 e. The average molecular weight is 727 g/mol. The van der Waals surface area contributed by atoms with Crippen LogP contribution in [0.2, 0.25) is 0 Å². The zero-order chi connectivity index (χ0) is 37.5. The van der Waals surface area contributed by atoms with Crippen LogP contribution in [0.25, 0.3) is 66.6 Å². The molecule has 0 N–H and O–H groups in total. The predicted molar refractivity (Wildman–Crippen MR) is 233 cm³/mol. The molecule has 266 valence electrons. The average Bonchev–Trinajstić information content (AvgIpc) is 3.80. The molecule has 3 heterocycles. The molecule has 12 rings (SSSR count). The second-order valence-corrected chi connectivity index (χ2v) is 15.1. The molecule has 0 fully saturated rings. The molecule has 8 aromatic carbocycles. The van der Waals surface area contributed by atoms with E-state index in [0.717, 1.165) is 72.6 Å². The summed E-state index contributed by atoms with van der Waals surface area (Å²) in [4.78, 5) is 7.85. The number of pyridine rings is 1. The van der Waals surface area contributed by atoms with Crippen molar-refractivity contribution >= 4 is 39.1 Å². The second kappa shape index (κ2) is 12.3. The van der Waals surface area contributed by atoms with E-state index in [1.807, 2.05) is 12.1 Å². The van der Waals surface area contributed by atoms with E-state index in [2.05, 4.69) is 199 Å². The molecule has 0 atom stereocenters. The van der Waals surface area contributed by atoms with Crippen molar-refractivity contribution in [1.29, 1.82) is 0 Å². The van der Waals surface area contributed by atoms with Gasteiger partial charge in [0.2, 0.25) is 0 Å². The first-order valence-electron chi connectivity index (χ1n) is 19.5. The molecule has 1 aliphatic carbocycles. The van der Waals surface area contributed by atoms with Gasteiger partial charge in [-0.05, 0) is 104 Å². The SMILES string of the molecule is c1ccc(-c2cc(-c3ccccc3)nc(N3c4ccccc4C4(c5ccccc5-c5ccc(-c6ccc7c(c6)oc6ccccc67)cc54)c4ccccc43)c2)cc1. The van der Waals surface area contributed by atoms with Crippen LogP contribution in [0.5, 0.6) is 0 Å². The molecule has 10 aromatic rings. The molecule has 0 saturated heterocycles. The largest absolute Gasteiger partial charge is 0.456 e. The summed E-state index contributed by atoms with van der Waals surface area (Å²) in [6.45, 7) is 0. The van der Waals surface area contributed by atoms with E-state index in [0.29, 0.717) is 0 Å². The van der Waals surface area contributed by atoms with Crippen molar-refractivity contribution in [2.45, 2.75) is 5.41 Å². The highest BCUT2D eigenvalue weighted by molar-refractivity contribution is 6.06. The minimum atomic E-state index is -0.575. The van der Waals surface area contributed by atoms with Crippen LogP contribution in [-0.2, 0) is 5.41 Å². The maximum atomic E-state index is 6.38. The van der Waals surface area contributed by atoms with Crippen molar-refractivity contribution in [3.05, 3.63) is 229 Å². The number of aromatic nitrogens is 1. The van der Waals surface area contributed by atoms with Crippen molar-refractivity contribution in [3.63, 3.8) is 0 Å². The lowest BCUT2D eigenvalue weighted by atomic mass is 9.64. The Morgan fingerprint density at radius 1 is 0.368 bits per heavy atom. The van der Waals surface area contributed by atoms with Crippen LogP contribution in [0, 0.1) is 0 Å². The zero-order valence-electron chi connectivity index (χ0n) is 30.9. The molecule has 0 unspecified atom stereocenters. The molecule has 1 spiro atoms. The highest BCUT2D eigenvalue weighted by Gasteiger charge is 2.51. The molecule has 0 bridgehead atoms. The normalized spacial score (nSPS) is 13.4. The van der Waals surface area contributed by atoms with Gasteiger partial charge in [0.15, 0.2) is 0 Å². The summed E-state index contributed by atoms with van der Waals surface area (Å²) in [5.41, 5.74) is 17.6. The molecule has 2 aromatic heterocycles. The quantitative estimate of drug-likeness (QED) is 0.181. The molecule has 3 nitrogen and oxygen atoms in total. The monoisotopic (exact) mass is 726 g/mol. The molecule has 0 amide bonds. The van der Waals surface area contributed by atoms with Crippen molar-refractivity contribution in [2.75, 3.05) is 4.90 Å². The first-order chi connectivity index (χ1) is 28.3. The van der Waals surface area contributed by atoms with Gasteiger partial charge in [-0.3, -0.25) is 4.90 Å². The number of benzene rings is 8. The van der Waals surface area contributed by atoms with Crippen molar-refractivity contribution in [2.24, 2.45) is 0 Å². The highest BCUT2D eigenvalue weighted by Crippen LogP contribution is 2.63. The van der Waals surface area contributed by atoms with Gasteiger partial charge in [0.1, 0.15) is 17.0 Å². The summed E-state index contributed by atoms with van der Waals surface area (Å²) in [5, 5.41) is 2.28. The first kappa shape index (κ1) is 31.8. The lowest BCUT2D eigenvalue weighted by Gasteiger charge is -2.44. The van der Waals surface area contributed by atoms with Crippen LogP contribution >= 0.6 is 0 Å². The van der Waals surface area contributed by atoms with Gasteiger partial charge in [-0.1, -0.05) is 158 Å². The van der Waals surface area contributed by atoms with Crippen LogP contribution in [0.4, 0.5) is 17.2 Å². The third-order valence-electron chi connectivity index (χ3n) is 12.1. The Morgan fingerprint density at radius 2 is 0.947 bits per heavy atom. The van der Waals surface area contributed by atoms with E-state index in [4.69, 9.17) is 9.40 Å². The van der Waals surface area contributed by atoms with Gasteiger partial charge in [0, 0.05) is 16.3 Å². The molecule has 0 radical (unpaired) electrons. The van der Waals surface area contributed by atoms with Crippen LogP contribution in [0.1, 0.15) is 22.3 Å². The number of anilines is 3. The Balaban J connectivity index is 1.11. The summed E-state index contributed by atoms with van der Waals surface area (Å²) < 4.78 is 6.38. The third-order valence-corrected chi connectivity index (χ3v) is 12.1. The fraction of sp³-hybridized carbons (Fsp3) is 0.0185. The standard InChI is InChI=1S/C54H34N2O/c1-3-15-35(16-4-1)39-32-48(36-17-5-2-6-18-36)55-53(34-39)56-49-24-12-10-22-45(49)54(46-23-11-13-25-50(46)56)44-21-9-7-19-40(44)41-29-27-37(31-47(41)54)38-28-30-43-42-20-8-14-26-51(42)57-52(43)33-38/h1-34H. The van der Waals surface area contributed by atoms with E-state index in [-0.39, 0.29) is 0 Å². The van der Waals surface area contributed by atoms with Crippen molar-refractivity contribution < 1.29 is 4.42 Å². The van der Waals surface area contributed by atoms with Crippen LogP contribution in [-0.4, -0.2) is 4.98 Å². The summed E-state index contributed by atoms with van der Waals surface area (Å²) in [6, 6.07) is 74.4. The van der Waals surface area contributed by atoms with Gasteiger partial charge in [-0.2, -0.15) is 0 Å². The van der Waals surface area contributed by atoms with Gasteiger partial charge < -0.3 is 4.42 Å². The van der Waals surface area contributed by atoms with Crippen molar-refractivity contribution in [3.8, 4) is 44.6 Å². The Hall–Kier alpha value is -7.49. The number of hydrogen-bond acceptors (Lipinski definition) is 3. The third kappa shape index (κ3) is 4.63. The van der Waals surface area contributed by atoms with Gasteiger partial charge in [0.25, 0.3) is 0 Å². The van der Waals surface area contributed by atoms with Gasteiger partial charge in [0.05, 0.1) is 22.5 Å². The molecule has 57 heavy (non-hydrogen) atoms. The van der Waals surface area contributed by atoms with E-state index < -0.39 is 5.41 Å². The maximum absolute atomic E-state index is 6.38. The number of para-hydroxylation sites is 3. The molecular formula is C54H34N2O. The number of rotatable bonds is 4. The number of nitrogens with zero attached hydrogens (tertiary/aromatic N) is 2. The molecule has 3 heteroatoms. The minimum Gasteiger partial charge on any atom is -0.456 e. The van der Waals surface area contributed by atoms with Gasteiger partial charge >= 0.3 is 0 Å². The second-order valence-electron chi connectivity index (χ2n) is 15.1. The van der Waals surface area contributed by atoms with Crippen LogP contribution in [0.15, 0.2) is 211 Å². The first-order valence-corrected chi connectivity index (χ1v) is 19.5. The Bertz CT molecular complexity index is 3090. The summed E-state index contributed by atoms with van der Waals surface area (Å²) in [6.07, 6.45) is 0. The minimum absolute atomic E-state index is 0.575. The van der Waals surface area contributed by atoms with Crippen molar-refractivity contribution in [1.82, 2.24) is 4.98 Å². The zero-order valence-corrected chi connectivity index (χ0v) is 30.9. The lowest BCUT2D eigenvalue weighted by molar-refractivity contribution is 0.669. The Kier molecular flexibility index (Phi) is 6.84. The molecule has 1 aliphatic heterocycles. The van der Waals surface area contributed by atoms with Crippen LogP contribution in [0.3, 0.4) is 0 Å². The Morgan fingerprint density at radius 3 is 1.72 bits per heavy atom. The fourth-order valence-electron chi connectivity index (χ4n) is 9.62. The number of hydrogen-bond donors (Lipinski definition) is 0. The molecule has 0 saturated carbocycles. The summed E-state index contributed by atoms with van der Waals surface area (Å²) in [7, 11) is 0. The van der Waals surface area contributed by atoms with E-state index in [9.17, 15) is 0 Å². The lowest BCUT2D eigenvalue weighted by Crippen LogP contribution is -2.36. The number of fused-ring (bicyclic) bond motifs is 12. The number of furan rings is 1. The highest BCUT2D eigenvalue weighted by atomic mass is 16.3. The van der Waals surface area contributed by atoms with E-state index >= 15 is 0 Å². The molecular weight excluding hydrogens is 693 g/mol. The Labute approximate surface area is 330 Å².